The van der Waals surface area contributed by atoms with E-state index in [1.54, 1.807) is 11.6 Å². The van der Waals surface area contributed by atoms with Gasteiger partial charge in [0.2, 0.25) is 10.0 Å². The van der Waals surface area contributed by atoms with Crippen LogP contribution in [0.1, 0.15) is 50.4 Å². The Morgan fingerprint density at radius 3 is 2.36 bits per heavy atom. The van der Waals surface area contributed by atoms with Crippen LogP contribution in [0.2, 0.25) is 0 Å². The summed E-state index contributed by atoms with van der Waals surface area (Å²) in [6.45, 7) is 5.78. The molecule has 3 rings (SSSR count). The smallest absolute Gasteiger partial charge is 0.236 e. The molecule has 5 nitrogen and oxygen atoms in total. The number of sulfonamides is 1. The fraction of sp³-hybridized carbons (Fsp3) is 0.526. The van der Waals surface area contributed by atoms with E-state index in [0.29, 0.717) is 16.3 Å². The highest BCUT2D eigenvalue weighted by molar-refractivity contribution is 7.89. The molecule has 0 aliphatic heterocycles. The summed E-state index contributed by atoms with van der Waals surface area (Å²) in [7, 11) is -3.57. The first-order valence-electron chi connectivity index (χ1n) is 9.06. The number of nitrogens with one attached hydrogen (secondary N) is 1. The molecule has 0 atom stereocenters. The molecule has 1 N–H and O–H groups in total. The molecule has 0 unspecified atom stereocenters. The number of aryl methyl sites for hydroxylation is 1. The first-order chi connectivity index (χ1) is 11.9. The van der Waals surface area contributed by atoms with Crippen molar-refractivity contribution >= 4 is 10.0 Å². The SMILES string of the molecule is CCC1CCC(NS(=O)(=O)c2c(C)nn(-c3ccccc3)c2C)CC1. The van der Waals surface area contributed by atoms with E-state index in [4.69, 9.17) is 0 Å². The summed E-state index contributed by atoms with van der Waals surface area (Å²) in [4.78, 5) is 0.314. The summed E-state index contributed by atoms with van der Waals surface area (Å²) in [5, 5.41) is 4.46. The van der Waals surface area contributed by atoms with E-state index in [-0.39, 0.29) is 6.04 Å². The molecular formula is C19H27N3O2S. The number of rotatable bonds is 5. The van der Waals surface area contributed by atoms with Gasteiger partial charge in [0.15, 0.2) is 0 Å². The van der Waals surface area contributed by atoms with Crippen LogP contribution in [0.5, 0.6) is 0 Å². The lowest BCUT2D eigenvalue weighted by molar-refractivity contribution is 0.306. The van der Waals surface area contributed by atoms with Gasteiger partial charge in [-0.15, -0.1) is 0 Å². The van der Waals surface area contributed by atoms with E-state index in [9.17, 15) is 8.42 Å². The van der Waals surface area contributed by atoms with E-state index >= 15 is 0 Å². The number of hydrogen-bond donors (Lipinski definition) is 1. The van der Waals surface area contributed by atoms with Crippen LogP contribution in [0.3, 0.4) is 0 Å². The number of aromatic nitrogens is 2. The zero-order valence-electron chi connectivity index (χ0n) is 15.2. The number of nitrogens with zero attached hydrogens (tertiary/aromatic N) is 2. The monoisotopic (exact) mass is 361 g/mol. The fourth-order valence-electron chi connectivity index (χ4n) is 3.80. The molecule has 1 aliphatic carbocycles. The minimum absolute atomic E-state index is 0.0340. The predicted octanol–water partition coefficient (Wildman–Crippen LogP) is 3.74. The fourth-order valence-corrected chi connectivity index (χ4v) is 5.50. The van der Waals surface area contributed by atoms with Gasteiger partial charge in [-0.3, -0.25) is 0 Å². The highest BCUT2D eigenvalue weighted by atomic mass is 32.2. The van der Waals surface area contributed by atoms with Crippen molar-refractivity contribution in [2.75, 3.05) is 0 Å². The molecule has 0 spiro atoms. The van der Waals surface area contributed by atoms with Gasteiger partial charge < -0.3 is 0 Å². The van der Waals surface area contributed by atoms with Gasteiger partial charge in [0.1, 0.15) is 4.90 Å². The molecule has 0 saturated heterocycles. The Bertz CT molecular complexity index is 820. The third-order valence-corrected chi connectivity index (χ3v) is 7.01. The molecular weight excluding hydrogens is 334 g/mol. The van der Waals surface area contributed by atoms with Crippen LogP contribution in [-0.4, -0.2) is 24.2 Å². The van der Waals surface area contributed by atoms with Crippen molar-refractivity contribution in [3.05, 3.63) is 41.7 Å². The van der Waals surface area contributed by atoms with Crippen molar-refractivity contribution < 1.29 is 8.42 Å². The van der Waals surface area contributed by atoms with Crippen LogP contribution in [0.25, 0.3) is 5.69 Å². The normalized spacial score (nSPS) is 21.4. The average molecular weight is 362 g/mol. The van der Waals surface area contributed by atoms with Gasteiger partial charge in [0, 0.05) is 6.04 Å². The van der Waals surface area contributed by atoms with Gasteiger partial charge in [-0.25, -0.2) is 17.8 Å². The van der Waals surface area contributed by atoms with E-state index in [1.807, 2.05) is 37.3 Å². The molecule has 6 heteroatoms. The number of hydrogen-bond acceptors (Lipinski definition) is 3. The lowest BCUT2D eigenvalue weighted by Crippen LogP contribution is -2.38. The molecule has 1 aromatic heterocycles. The maximum Gasteiger partial charge on any atom is 0.244 e. The molecule has 0 bridgehead atoms. The summed E-state index contributed by atoms with van der Waals surface area (Å²) >= 11 is 0. The maximum absolute atomic E-state index is 13.0. The van der Waals surface area contributed by atoms with Crippen molar-refractivity contribution in [2.45, 2.75) is 63.8 Å². The van der Waals surface area contributed by atoms with Gasteiger partial charge in [0.25, 0.3) is 0 Å². The van der Waals surface area contributed by atoms with E-state index in [2.05, 4.69) is 16.7 Å². The quantitative estimate of drug-likeness (QED) is 0.882. The minimum Gasteiger partial charge on any atom is -0.236 e. The Balaban J connectivity index is 1.85. The van der Waals surface area contributed by atoms with E-state index < -0.39 is 10.0 Å². The molecule has 1 saturated carbocycles. The van der Waals surface area contributed by atoms with Crippen LogP contribution in [0.15, 0.2) is 35.2 Å². The van der Waals surface area contributed by atoms with Gasteiger partial charge in [0.05, 0.1) is 17.1 Å². The van der Waals surface area contributed by atoms with Crippen molar-refractivity contribution in [3.8, 4) is 5.69 Å². The van der Waals surface area contributed by atoms with Gasteiger partial charge in [-0.1, -0.05) is 31.5 Å². The highest BCUT2D eigenvalue weighted by Gasteiger charge is 2.29. The Kier molecular flexibility index (Phi) is 5.29. The van der Waals surface area contributed by atoms with Crippen LogP contribution in [-0.2, 0) is 10.0 Å². The Morgan fingerprint density at radius 1 is 1.12 bits per heavy atom. The van der Waals surface area contributed by atoms with Crippen molar-refractivity contribution in [2.24, 2.45) is 5.92 Å². The Hall–Kier alpha value is -1.66. The largest absolute Gasteiger partial charge is 0.244 e. The Morgan fingerprint density at radius 2 is 1.76 bits per heavy atom. The summed E-state index contributed by atoms with van der Waals surface area (Å²) in [5.41, 5.74) is 2.06. The zero-order valence-corrected chi connectivity index (χ0v) is 16.0. The zero-order chi connectivity index (χ0) is 18.0. The third kappa shape index (κ3) is 3.80. The molecule has 2 aromatic rings. The first kappa shape index (κ1) is 18.1. The van der Waals surface area contributed by atoms with E-state index in [0.717, 1.165) is 37.3 Å². The summed E-state index contributed by atoms with van der Waals surface area (Å²) in [5.74, 6) is 0.741. The van der Waals surface area contributed by atoms with Crippen LogP contribution in [0, 0.1) is 19.8 Å². The molecule has 136 valence electrons. The lowest BCUT2D eigenvalue weighted by Gasteiger charge is -2.28. The molecule has 25 heavy (non-hydrogen) atoms. The van der Waals surface area contributed by atoms with Gasteiger partial charge >= 0.3 is 0 Å². The second-order valence-corrected chi connectivity index (χ2v) is 8.65. The van der Waals surface area contributed by atoms with Crippen LogP contribution in [0.4, 0.5) is 0 Å². The molecule has 0 amide bonds. The summed E-state index contributed by atoms with van der Waals surface area (Å²) in [6.07, 6.45) is 5.22. The average Bonchev–Trinajstić information content (AvgIpc) is 2.91. The molecule has 0 radical (unpaired) electrons. The van der Waals surface area contributed by atoms with Crippen molar-refractivity contribution in [3.63, 3.8) is 0 Å². The summed E-state index contributed by atoms with van der Waals surface area (Å²) in [6, 6.07) is 9.66. The maximum atomic E-state index is 13.0. The molecule has 1 heterocycles. The molecule has 1 fully saturated rings. The standard InChI is InChI=1S/C19H27N3O2S/c1-4-16-10-12-17(13-11-16)21-25(23,24)19-14(2)20-22(15(19)3)18-8-6-5-7-9-18/h5-9,16-17,21H,4,10-13H2,1-3H3. The van der Waals surface area contributed by atoms with Crippen LogP contribution < -0.4 is 4.72 Å². The van der Waals surface area contributed by atoms with Crippen molar-refractivity contribution in [1.29, 1.82) is 0 Å². The lowest BCUT2D eigenvalue weighted by atomic mass is 9.85. The minimum atomic E-state index is -3.57. The second kappa shape index (κ2) is 7.30. The number of para-hydroxylation sites is 1. The number of benzene rings is 1. The van der Waals surface area contributed by atoms with Crippen molar-refractivity contribution in [1.82, 2.24) is 14.5 Å². The van der Waals surface area contributed by atoms with Gasteiger partial charge in [-0.05, 0) is 57.6 Å². The Labute approximate surface area is 150 Å². The molecule has 1 aliphatic rings. The predicted molar refractivity (Wildman–Crippen MR) is 99.4 cm³/mol. The third-order valence-electron chi connectivity index (χ3n) is 5.24. The van der Waals surface area contributed by atoms with Gasteiger partial charge in [-0.2, -0.15) is 5.10 Å². The summed E-state index contributed by atoms with van der Waals surface area (Å²) < 4.78 is 30.6. The second-order valence-electron chi connectivity index (χ2n) is 6.99. The first-order valence-corrected chi connectivity index (χ1v) is 10.5. The topological polar surface area (TPSA) is 64.0 Å². The molecule has 1 aromatic carbocycles. The highest BCUT2D eigenvalue weighted by Crippen LogP contribution is 2.29. The van der Waals surface area contributed by atoms with E-state index in [1.165, 1.54) is 6.42 Å². The van der Waals surface area contributed by atoms with Crippen LogP contribution >= 0.6 is 0 Å².